The average molecular weight is 505 g/mol. The van der Waals surface area contributed by atoms with Crippen LogP contribution in [0.15, 0.2) is 43.0 Å². The molecule has 2 amide bonds. The molecular weight excluding hydrogens is 484 g/mol. The SMILES string of the molecule is C[S+]([O-])CCn1ncc2ncnc(NCCc3cnc(NC(=O)Nc4cccc(Cl)c4)s3)c21. The highest BCUT2D eigenvalue weighted by molar-refractivity contribution is 7.90. The third-order valence-corrected chi connectivity index (χ3v) is 6.50. The highest BCUT2D eigenvalue weighted by Crippen LogP contribution is 2.22. The van der Waals surface area contributed by atoms with Gasteiger partial charge in [0.2, 0.25) is 0 Å². The van der Waals surface area contributed by atoms with Crippen LogP contribution in [0, 0.1) is 0 Å². The summed E-state index contributed by atoms with van der Waals surface area (Å²) in [4.78, 5) is 26.0. The van der Waals surface area contributed by atoms with Gasteiger partial charge in [-0.2, -0.15) is 5.10 Å². The molecule has 33 heavy (non-hydrogen) atoms. The van der Waals surface area contributed by atoms with Crippen LogP contribution in [0.4, 0.5) is 21.4 Å². The van der Waals surface area contributed by atoms with Crippen molar-refractivity contribution < 1.29 is 9.35 Å². The van der Waals surface area contributed by atoms with Gasteiger partial charge in [-0.3, -0.25) is 10.00 Å². The van der Waals surface area contributed by atoms with Gasteiger partial charge >= 0.3 is 6.03 Å². The van der Waals surface area contributed by atoms with E-state index in [4.69, 9.17) is 11.6 Å². The van der Waals surface area contributed by atoms with Crippen LogP contribution in [0.2, 0.25) is 5.02 Å². The van der Waals surface area contributed by atoms with Crippen LogP contribution in [-0.4, -0.2) is 53.9 Å². The Kier molecular flexibility index (Phi) is 7.60. The molecule has 0 radical (unpaired) electrons. The van der Waals surface area contributed by atoms with Gasteiger partial charge in [-0.25, -0.2) is 19.7 Å². The van der Waals surface area contributed by atoms with Gasteiger partial charge in [-0.05, 0) is 18.2 Å². The first-order valence-corrected chi connectivity index (χ1v) is 12.9. The molecule has 0 saturated carbocycles. The zero-order valence-electron chi connectivity index (χ0n) is 17.6. The molecule has 0 aliphatic rings. The number of hydrogen-bond donors (Lipinski definition) is 3. The second kappa shape index (κ2) is 10.8. The number of anilines is 3. The van der Waals surface area contributed by atoms with Gasteiger partial charge < -0.3 is 15.2 Å². The number of rotatable bonds is 9. The van der Waals surface area contributed by atoms with E-state index in [0.717, 1.165) is 15.9 Å². The highest BCUT2D eigenvalue weighted by Gasteiger charge is 2.12. The van der Waals surface area contributed by atoms with Crippen molar-refractivity contribution in [2.24, 2.45) is 0 Å². The molecule has 3 heterocycles. The lowest BCUT2D eigenvalue weighted by molar-refractivity contribution is 0.262. The lowest BCUT2D eigenvalue weighted by atomic mass is 10.3. The fraction of sp³-hybridized carbons (Fsp3) is 0.250. The maximum absolute atomic E-state index is 12.2. The van der Waals surface area contributed by atoms with E-state index in [2.05, 4.69) is 36.0 Å². The number of benzene rings is 1. The van der Waals surface area contributed by atoms with Crippen molar-refractivity contribution in [3.8, 4) is 0 Å². The summed E-state index contributed by atoms with van der Waals surface area (Å²) in [5.74, 6) is 1.18. The summed E-state index contributed by atoms with van der Waals surface area (Å²) in [5, 5.41) is 14.1. The van der Waals surface area contributed by atoms with Crippen LogP contribution in [0.5, 0.6) is 0 Å². The molecule has 4 rings (SSSR count). The Balaban J connectivity index is 1.32. The maximum Gasteiger partial charge on any atom is 0.325 e. The number of halogens is 1. The highest BCUT2D eigenvalue weighted by atomic mass is 35.5. The van der Waals surface area contributed by atoms with Gasteiger partial charge in [0.1, 0.15) is 23.1 Å². The Hall–Kier alpha value is -2.93. The zero-order valence-corrected chi connectivity index (χ0v) is 20.0. The lowest BCUT2D eigenvalue weighted by Crippen LogP contribution is -2.19. The van der Waals surface area contributed by atoms with Gasteiger partial charge in [0, 0.05) is 34.7 Å². The summed E-state index contributed by atoms with van der Waals surface area (Å²) < 4.78 is 13.2. The van der Waals surface area contributed by atoms with E-state index >= 15 is 0 Å². The molecule has 1 aromatic carbocycles. The largest absolute Gasteiger partial charge is 0.617 e. The summed E-state index contributed by atoms with van der Waals surface area (Å²) in [5.41, 5.74) is 2.11. The average Bonchev–Trinajstić information content (AvgIpc) is 3.39. The number of carbonyl (C=O) groups excluding carboxylic acids is 1. The number of thiazole rings is 1. The van der Waals surface area contributed by atoms with Gasteiger partial charge in [0.05, 0.1) is 19.0 Å². The molecule has 13 heteroatoms. The fourth-order valence-electron chi connectivity index (χ4n) is 3.05. The summed E-state index contributed by atoms with van der Waals surface area (Å²) in [6.07, 6.45) is 7.25. The quantitative estimate of drug-likeness (QED) is 0.296. The first-order chi connectivity index (χ1) is 16.0. The van der Waals surface area contributed by atoms with E-state index in [1.165, 1.54) is 17.7 Å². The predicted octanol–water partition coefficient (Wildman–Crippen LogP) is 3.61. The van der Waals surface area contributed by atoms with Crippen molar-refractivity contribution in [1.82, 2.24) is 24.7 Å². The van der Waals surface area contributed by atoms with E-state index in [1.54, 1.807) is 47.6 Å². The number of hydrogen-bond acceptors (Lipinski definition) is 8. The first-order valence-electron chi connectivity index (χ1n) is 9.96. The monoisotopic (exact) mass is 504 g/mol. The molecule has 172 valence electrons. The minimum atomic E-state index is -0.913. The van der Waals surface area contributed by atoms with E-state index in [9.17, 15) is 9.35 Å². The summed E-state index contributed by atoms with van der Waals surface area (Å²) >= 11 is 6.42. The van der Waals surface area contributed by atoms with Crippen molar-refractivity contribution in [3.63, 3.8) is 0 Å². The van der Waals surface area contributed by atoms with Gasteiger partial charge in [-0.15, -0.1) is 11.3 Å². The third-order valence-electron chi connectivity index (χ3n) is 4.54. The van der Waals surface area contributed by atoms with Crippen molar-refractivity contribution in [1.29, 1.82) is 0 Å². The Morgan fingerprint density at radius 1 is 1.24 bits per heavy atom. The Bertz CT molecular complexity index is 1250. The van der Waals surface area contributed by atoms with Crippen LogP contribution >= 0.6 is 22.9 Å². The molecule has 10 nitrogen and oxygen atoms in total. The van der Waals surface area contributed by atoms with Crippen molar-refractivity contribution in [2.45, 2.75) is 13.0 Å². The summed E-state index contributed by atoms with van der Waals surface area (Å²) in [7, 11) is 0. The second-order valence-electron chi connectivity index (χ2n) is 7.00. The van der Waals surface area contributed by atoms with Crippen molar-refractivity contribution >= 4 is 67.8 Å². The number of fused-ring (bicyclic) bond motifs is 1. The van der Waals surface area contributed by atoms with Crippen LogP contribution in [0.25, 0.3) is 11.0 Å². The number of nitrogens with zero attached hydrogens (tertiary/aromatic N) is 5. The minimum absolute atomic E-state index is 0.388. The molecule has 1 atom stereocenters. The van der Waals surface area contributed by atoms with Crippen LogP contribution in [0.3, 0.4) is 0 Å². The summed E-state index contributed by atoms with van der Waals surface area (Å²) in [6, 6.07) is 6.52. The number of nitrogens with one attached hydrogen (secondary N) is 3. The second-order valence-corrected chi connectivity index (χ2v) is 10.1. The summed E-state index contributed by atoms with van der Waals surface area (Å²) in [6.45, 7) is 1.13. The lowest BCUT2D eigenvalue weighted by Gasteiger charge is -2.09. The topological polar surface area (TPSA) is 133 Å². The van der Waals surface area contributed by atoms with Crippen LogP contribution < -0.4 is 16.0 Å². The molecule has 1 unspecified atom stereocenters. The normalized spacial score (nSPS) is 12.0. The zero-order chi connectivity index (χ0) is 23.2. The molecule has 3 N–H and O–H groups in total. The third kappa shape index (κ3) is 6.32. The first kappa shape index (κ1) is 23.2. The fourth-order valence-corrected chi connectivity index (χ4v) is 4.48. The van der Waals surface area contributed by atoms with Gasteiger partial charge in [-0.1, -0.05) is 28.8 Å². The molecule has 0 aliphatic heterocycles. The van der Waals surface area contributed by atoms with E-state index < -0.39 is 11.2 Å². The Morgan fingerprint density at radius 2 is 2.12 bits per heavy atom. The van der Waals surface area contributed by atoms with Crippen LogP contribution in [-0.2, 0) is 24.1 Å². The van der Waals surface area contributed by atoms with Gasteiger partial charge in [0.25, 0.3) is 0 Å². The molecule has 0 aliphatic carbocycles. The minimum Gasteiger partial charge on any atom is -0.617 e. The Labute approximate surface area is 202 Å². The van der Waals surface area contributed by atoms with Crippen molar-refractivity contribution in [3.05, 3.63) is 52.9 Å². The van der Waals surface area contributed by atoms with E-state index in [0.29, 0.717) is 46.9 Å². The number of aromatic nitrogens is 5. The standard InChI is InChI=1S/C20H21ClN8O2S2/c1-33(31)8-7-29-17-16(11-26-29)24-12-25-18(17)22-6-5-15-10-23-20(32-15)28-19(30)27-14-4-2-3-13(21)9-14/h2-4,9-12H,5-8H2,1H3,(H,22,24,25)(H2,23,27,28,30). The van der Waals surface area contributed by atoms with E-state index in [-0.39, 0.29) is 6.03 Å². The molecule has 4 aromatic rings. The van der Waals surface area contributed by atoms with Crippen molar-refractivity contribution in [2.75, 3.05) is 34.5 Å². The molecule has 0 saturated heterocycles. The smallest absolute Gasteiger partial charge is 0.325 e. The number of urea groups is 1. The molecule has 0 bridgehead atoms. The van der Waals surface area contributed by atoms with E-state index in [1.807, 2.05) is 0 Å². The molecular formula is C20H21ClN8O2S2. The van der Waals surface area contributed by atoms with Crippen LogP contribution in [0.1, 0.15) is 4.88 Å². The maximum atomic E-state index is 12.2. The van der Waals surface area contributed by atoms with Gasteiger partial charge in [0.15, 0.2) is 10.9 Å². The predicted molar refractivity (Wildman–Crippen MR) is 133 cm³/mol. The Morgan fingerprint density at radius 3 is 2.94 bits per heavy atom. The molecule has 0 fully saturated rings. The number of carbonyl (C=O) groups is 1. The number of amides is 2. The molecule has 0 spiro atoms. The molecule has 3 aromatic heterocycles. The number of aryl methyl sites for hydroxylation is 1.